The van der Waals surface area contributed by atoms with Crippen LogP contribution in [0.3, 0.4) is 0 Å². The molecule has 1 fully saturated rings. The van der Waals surface area contributed by atoms with Gasteiger partial charge in [0.1, 0.15) is 24.4 Å². The lowest BCUT2D eigenvalue weighted by atomic mass is 9.99. The van der Waals surface area contributed by atoms with Gasteiger partial charge in [0.2, 0.25) is 0 Å². The van der Waals surface area contributed by atoms with Crippen LogP contribution < -0.4 is 0 Å². The summed E-state index contributed by atoms with van der Waals surface area (Å²) in [6, 6.07) is 0. The number of hydrogen-bond acceptors (Lipinski definition) is 7. The van der Waals surface area contributed by atoms with E-state index in [-0.39, 0.29) is 6.61 Å². The molecule has 0 aliphatic carbocycles. The van der Waals surface area contributed by atoms with Crippen LogP contribution in [0.1, 0.15) is 19.8 Å². The molecule has 4 N–H and O–H groups in total. The van der Waals surface area contributed by atoms with Crippen molar-refractivity contribution in [2.45, 2.75) is 50.5 Å². The maximum atomic E-state index is 9.64. The Morgan fingerprint density at radius 1 is 0.895 bits per heavy atom. The zero-order valence-corrected chi connectivity index (χ0v) is 11.1. The standard InChI is InChI=1S/C12H24O7/c1-2-3-4-17-5-6-18-7-8-9(13)10(14)11(15)12(16)19-8/h8-16H,2-7H2,1H3/t8?,9-,10+,11?,12-/m1/s1. The maximum Gasteiger partial charge on any atom is 0.184 e. The van der Waals surface area contributed by atoms with E-state index >= 15 is 0 Å². The van der Waals surface area contributed by atoms with Crippen molar-refractivity contribution in [3.8, 4) is 0 Å². The van der Waals surface area contributed by atoms with E-state index < -0.39 is 30.7 Å². The van der Waals surface area contributed by atoms with Crippen molar-refractivity contribution in [2.24, 2.45) is 0 Å². The highest BCUT2D eigenvalue weighted by molar-refractivity contribution is 4.88. The van der Waals surface area contributed by atoms with Gasteiger partial charge in [-0.3, -0.25) is 0 Å². The van der Waals surface area contributed by atoms with Gasteiger partial charge in [-0.15, -0.1) is 0 Å². The van der Waals surface area contributed by atoms with Crippen molar-refractivity contribution in [1.29, 1.82) is 0 Å². The second-order valence-corrected chi connectivity index (χ2v) is 4.58. The lowest BCUT2D eigenvalue weighted by Gasteiger charge is -2.38. The summed E-state index contributed by atoms with van der Waals surface area (Å²) in [4.78, 5) is 0. The van der Waals surface area contributed by atoms with Crippen LogP contribution in [-0.2, 0) is 14.2 Å². The van der Waals surface area contributed by atoms with Crippen molar-refractivity contribution < 1.29 is 34.6 Å². The highest BCUT2D eigenvalue weighted by atomic mass is 16.6. The van der Waals surface area contributed by atoms with Gasteiger partial charge in [-0.25, -0.2) is 0 Å². The summed E-state index contributed by atoms with van der Waals surface area (Å²) in [6.45, 7) is 3.56. The first-order valence-electron chi connectivity index (χ1n) is 6.61. The monoisotopic (exact) mass is 280 g/mol. The van der Waals surface area contributed by atoms with Crippen LogP contribution in [0.15, 0.2) is 0 Å². The third kappa shape index (κ3) is 5.31. The van der Waals surface area contributed by atoms with E-state index in [0.29, 0.717) is 19.8 Å². The second kappa shape index (κ2) is 8.80. The molecule has 1 saturated heterocycles. The van der Waals surface area contributed by atoms with Gasteiger partial charge in [0.15, 0.2) is 6.29 Å². The van der Waals surface area contributed by atoms with E-state index in [2.05, 4.69) is 6.92 Å². The van der Waals surface area contributed by atoms with Crippen LogP contribution >= 0.6 is 0 Å². The van der Waals surface area contributed by atoms with Gasteiger partial charge < -0.3 is 34.6 Å². The van der Waals surface area contributed by atoms with Gasteiger partial charge in [-0.2, -0.15) is 0 Å². The summed E-state index contributed by atoms with van der Waals surface area (Å²) in [5.41, 5.74) is 0. The molecule has 0 bridgehead atoms. The summed E-state index contributed by atoms with van der Waals surface area (Å²) in [5, 5.41) is 37.7. The predicted octanol–water partition coefficient (Wildman–Crippen LogP) is -1.38. The summed E-state index contributed by atoms with van der Waals surface area (Å²) in [5.74, 6) is 0. The Morgan fingerprint density at radius 2 is 1.58 bits per heavy atom. The zero-order valence-electron chi connectivity index (χ0n) is 11.1. The molecule has 7 heteroatoms. The number of hydrogen-bond donors (Lipinski definition) is 4. The Bertz CT molecular complexity index is 238. The molecule has 0 amide bonds. The highest BCUT2D eigenvalue weighted by Gasteiger charge is 2.42. The molecule has 1 aliphatic rings. The number of aliphatic hydroxyl groups excluding tert-OH is 4. The van der Waals surface area contributed by atoms with Crippen molar-refractivity contribution in [1.82, 2.24) is 0 Å². The second-order valence-electron chi connectivity index (χ2n) is 4.58. The summed E-state index contributed by atoms with van der Waals surface area (Å²) >= 11 is 0. The Balaban J connectivity index is 2.15. The Morgan fingerprint density at radius 3 is 2.26 bits per heavy atom. The number of unbranched alkanes of at least 4 members (excludes halogenated alkanes) is 1. The van der Waals surface area contributed by atoms with E-state index in [0.717, 1.165) is 12.8 Å². The minimum absolute atomic E-state index is 0.0130. The van der Waals surface area contributed by atoms with Crippen LogP contribution in [0.4, 0.5) is 0 Å². The Hall–Kier alpha value is -0.280. The third-order valence-electron chi connectivity index (χ3n) is 2.98. The van der Waals surface area contributed by atoms with Crippen molar-refractivity contribution in [3.05, 3.63) is 0 Å². The molecule has 2 unspecified atom stereocenters. The van der Waals surface area contributed by atoms with Crippen molar-refractivity contribution in [2.75, 3.05) is 26.4 Å². The molecule has 0 spiro atoms. The molecule has 5 atom stereocenters. The summed E-state index contributed by atoms with van der Waals surface area (Å²) in [7, 11) is 0. The van der Waals surface area contributed by atoms with Crippen molar-refractivity contribution >= 4 is 0 Å². The molecule has 1 aliphatic heterocycles. The molecule has 0 aromatic rings. The fraction of sp³-hybridized carbons (Fsp3) is 1.00. The molecule has 0 saturated carbocycles. The van der Waals surface area contributed by atoms with E-state index in [1.807, 2.05) is 0 Å². The minimum atomic E-state index is -1.52. The van der Waals surface area contributed by atoms with E-state index in [9.17, 15) is 20.4 Å². The van der Waals surface area contributed by atoms with Gasteiger partial charge >= 0.3 is 0 Å². The van der Waals surface area contributed by atoms with Crippen LogP contribution in [0.25, 0.3) is 0 Å². The maximum absolute atomic E-state index is 9.64. The Labute approximate surface area is 112 Å². The molecule has 0 aromatic heterocycles. The number of aliphatic hydroxyl groups is 4. The van der Waals surface area contributed by atoms with Crippen molar-refractivity contribution in [3.63, 3.8) is 0 Å². The average Bonchev–Trinajstić information content (AvgIpc) is 2.41. The molecule has 1 heterocycles. The average molecular weight is 280 g/mol. The molecule has 0 radical (unpaired) electrons. The normalized spacial score (nSPS) is 35.5. The van der Waals surface area contributed by atoms with Crippen LogP contribution in [0.5, 0.6) is 0 Å². The molecular weight excluding hydrogens is 256 g/mol. The molecule has 0 aromatic carbocycles. The fourth-order valence-electron chi connectivity index (χ4n) is 1.73. The Kier molecular flexibility index (Phi) is 7.77. The molecular formula is C12H24O7. The van der Waals surface area contributed by atoms with Crippen LogP contribution in [-0.4, -0.2) is 77.6 Å². The predicted molar refractivity (Wildman–Crippen MR) is 65.4 cm³/mol. The van der Waals surface area contributed by atoms with Gasteiger partial charge in [-0.05, 0) is 6.42 Å². The molecule has 114 valence electrons. The quantitative estimate of drug-likeness (QED) is 0.406. The fourth-order valence-corrected chi connectivity index (χ4v) is 1.73. The largest absolute Gasteiger partial charge is 0.387 e. The summed E-state index contributed by atoms with van der Waals surface area (Å²) < 4.78 is 15.5. The lowest BCUT2D eigenvalue weighted by molar-refractivity contribution is -0.288. The molecule has 7 nitrogen and oxygen atoms in total. The third-order valence-corrected chi connectivity index (χ3v) is 2.98. The molecule has 19 heavy (non-hydrogen) atoms. The van der Waals surface area contributed by atoms with Gasteiger partial charge in [0.25, 0.3) is 0 Å². The first kappa shape index (κ1) is 16.8. The smallest absolute Gasteiger partial charge is 0.184 e. The SMILES string of the molecule is CCCCOCCOCC1O[C@@H](O)C(O)[C@@H](O)[C@@H]1O. The van der Waals surface area contributed by atoms with E-state index in [4.69, 9.17) is 14.2 Å². The first-order chi connectivity index (χ1) is 9.07. The van der Waals surface area contributed by atoms with Crippen LogP contribution in [0, 0.1) is 0 Å². The zero-order chi connectivity index (χ0) is 14.3. The lowest BCUT2D eigenvalue weighted by Crippen LogP contribution is -2.58. The number of rotatable bonds is 8. The molecule has 1 rings (SSSR count). The van der Waals surface area contributed by atoms with Gasteiger partial charge in [0, 0.05) is 6.61 Å². The van der Waals surface area contributed by atoms with E-state index in [1.165, 1.54) is 0 Å². The van der Waals surface area contributed by atoms with Crippen LogP contribution in [0.2, 0.25) is 0 Å². The topological polar surface area (TPSA) is 109 Å². The highest BCUT2D eigenvalue weighted by Crippen LogP contribution is 2.19. The van der Waals surface area contributed by atoms with Gasteiger partial charge in [0.05, 0.1) is 19.8 Å². The number of ether oxygens (including phenoxy) is 3. The summed E-state index contributed by atoms with van der Waals surface area (Å²) in [6.07, 6.45) is -4.57. The van der Waals surface area contributed by atoms with E-state index in [1.54, 1.807) is 0 Å². The first-order valence-corrected chi connectivity index (χ1v) is 6.61. The minimum Gasteiger partial charge on any atom is -0.387 e. The van der Waals surface area contributed by atoms with Gasteiger partial charge in [-0.1, -0.05) is 13.3 Å².